The van der Waals surface area contributed by atoms with Crippen LogP contribution in [0.1, 0.15) is 39.4 Å². The number of fused-ring (bicyclic) bond motifs is 1. The molecule has 2 aromatic rings. The van der Waals surface area contributed by atoms with E-state index in [1.54, 1.807) is 11.8 Å². The third kappa shape index (κ3) is 2.81. The van der Waals surface area contributed by atoms with Crippen LogP contribution in [-0.4, -0.2) is 46.5 Å². The zero-order chi connectivity index (χ0) is 15.8. The van der Waals surface area contributed by atoms with Crippen LogP contribution in [0.3, 0.4) is 0 Å². The molecule has 0 bridgehead atoms. The van der Waals surface area contributed by atoms with Crippen molar-refractivity contribution in [1.82, 2.24) is 15.0 Å². The first-order chi connectivity index (χ1) is 11.2. The molecule has 1 amide bonds. The maximum absolute atomic E-state index is 12.5. The number of aryl methyl sites for hydroxylation is 1. The number of aromatic nitrogens is 1. The minimum atomic E-state index is 0.0564. The van der Waals surface area contributed by atoms with Gasteiger partial charge in [-0.1, -0.05) is 5.16 Å². The second-order valence-electron chi connectivity index (χ2n) is 6.41. The topological polar surface area (TPSA) is 49.6 Å². The van der Waals surface area contributed by atoms with Gasteiger partial charge in [-0.25, -0.2) is 0 Å². The van der Waals surface area contributed by atoms with Gasteiger partial charge in [0.25, 0.3) is 5.91 Å². The van der Waals surface area contributed by atoms with Gasteiger partial charge in [0.1, 0.15) is 11.3 Å². The van der Waals surface area contributed by atoms with E-state index in [0.29, 0.717) is 17.4 Å². The highest BCUT2D eigenvalue weighted by Gasteiger charge is 2.30. The summed E-state index contributed by atoms with van der Waals surface area (Å²) in [4.78, 5) is 18.6. The molecular weight excluding hydrogens is 310 g/mol. The number of rotatable bonds is 2. The molecule has 2 aliphatic rings. The standard InChI is InChI=1S/C17H21N3O2S/c1-12-15(10-18-22-12)17(21)19-6-2-14(3-7-19)20-8-4-16-13(11-20)5-9-23-16/h5,9-10,14H,2-4,6-8,11H2,1H3. The summed E-state index contributed by atoms with van der Waals surface area (Å²) < 4.78 is 5.01. The zero-order valence-corrected chi connectivity index (χ0v) is 14.1. The van der Waals surface area contributed by atoms with Gasteiger partial charge in [0.2, 0.25) is 0 Å². The van der Waals surface area contributed by atoms with Crippen LogP contribution in [0, 0.1) is 6.92 Å². The number of carbonyl (C=O) groups is 1. The lowest BCUT2D eigenvalue weighted by Gasteiger charge is -2.40. The van der Waals surface area contributed by atoms with E-state index in [9.17, 15) is 4.79 Å². The Morgan fingerprint density at radius 1 is 1.35 bits per heavy atom. The average Bonchev–Trinajstić information content (AvgIpc) is 3.22. The Morgan fingerprint density at radius 3 is 2.91 bits per heavy atom. The highest BCUT2D eigenvalue weighted by atomic mass is 32.1. The fourth-order valence-corrected chi connectivity index (χ4v) is 4.58. The van der Waals surface area contributed by atoms with E-state index in [4.69, 9.17) is 4.52 Å². The van der Waals surface area contributed by atoms with Crippen molar-refractivity contribution in [2.45, 2.75) is 38.8 Å². The van der Waals surface area contributed by atoms with Gasteiger partial charge in [0.05, 0.1) is 6.20 Å². The fraction of sp³-hybridized carbons (Fsp3) is 0.529. The Kier molecular flexibility index (Phi) is 3.95. The van der Waals surface area contributed by atoms with E-state index in [-0.39, 0.29) is 5.91 Å². The molecule has 0 radical (unpaired) electrons. The number of piperidine rings is 1. The molecule has 4 rings (SSSR count). The summed E-state index contributed by atoms with van der Waals surface area (Å²) in [5.41, 5.74) is 2.10. The van der Waals surface area contributed by atoms with Gasteiger partial charge >= 0.3 is 0 Å². The highest BCUT2D eigenvalue weighted by Crippen LogP contribution is 2.28. The number of hydrogen-bond acceptors (Lipinski definition) is 5. The second kappa shape index (κ2) is 6.09. The van der Waals surface area contributed by atoms with E-state index in [0.717, 1.165) is 39.0 Å². The predicted octanol–water partition coefficient (Wildman–Crippen LogP) is 2.71. The van der Waals surface area contributed by atoms with E-state index in [1.807, 2.05) is 16.2 Å². The van der Waals surface area contributed by atoms with Crippen molar-refractivity contribution >= 4 is 17.2 Å². The van der Waals surface area contributed by atoms with Gasteiger partial charge in [-0.15, -0.1) is 11.3 Å². The summed E-state index contributed by atoms with van der Waals surface area (Å²) >= 11 is 1.88. The van der Waals surface area contributed by atoms with Crippen molar-refractivity contribution in [1.29, 1.82) is 0 Å². The third-order valence-corrected chi connectivity index (χ3v) is 6.11. The van der Waals surface area contributed by atoms with Crippen molar-refractivity contribution < 1.29 is 9.32 Å². The van der Waals surface area contributed by atoms with E-state index in [1.165, 1.54) is 18.2 Å². The number of amides is 1. The first-order valence-electron chi connectivity index (χ1n) is 8.22. The van der Waals surface area contributed by atoms with Crippen LogP contribution in [0.25, 0.3) is 0 Å². The first kappa shape index (κ1) is 14.9. The zero-order valence-electron chi connectivity index (χ0n) is 13.3. The second-order valence-corrected chi connectivity index (χ2v) is 7.41. The molecule has 5 nitrogen and oxygen atoms in total. The molecule has 122 valence electrons. The van der Waals surface area contributed by atoms with Crippen molar-refractivity contribution in [2.24, 2.45) is 0 Å². The van der Waals surface area contributed by atoms with Gasteiger partial charge in [-0.3, -0.25) is 9.69 Å². The molecule has 2 aromatic heterocycles. The van der Waals surface area contributed by atoms with Gasteiger partial charge in [0, 0.05) is 37.1 Å². The van der Waals surface area contributed by atoms with Crippen LogP contribution in [0.15, 0.2) is 22.2 Å². The van der Waals surface area contributed by atoms with Crippen molar-refractivity contribution in [2.75, 3.05) is 19.6 Å². The number of likely N-dealkylation sites (tertiary alicyclic amines) is 1. The molecule has 0 N–H and O–H groups in total. The van der Waals surface area contributed by atoms with Crippen LogP contribution in [0.5, 0.6) is 0 Å². The molecule has 2 aliphatic heterocycles. The average molecular weight is 331 g/mol. The lowest BCUT2D eigenvalue weighted by molar-refractivity contribution is 0.0599. The summed E-state index contributed by atoms with van der Waals surface area (Å²) in [6.07, 6.45) is 4.81. The van der Waals surface area contributed by atoms with Crippen molar-refractivity contribution in [3.63, 3.8) is 0 Å². The molecule has 0 saturated carbocycles. The smallest absolute Gasteiger partial charge is 0.259 e. The maximum atomic E-state index is 12.5. The maximum Gasteiger partial charge on any atom is 0.259 e. The van der Waals surface area contributed by atoms with Crippen molar-refractivity contribution in [3.05, 3.63) is 39.4 Å². The fourth-order valence-electron chi connectivity index (χ4n) is 3.69. The molecule has 4 heterocycles. The van der Waals surface area contributed by atoms with Gasteiger partial charge in [-0.05, 0) is 43.2 Å². The molecule has 0 atom stereocenters. The number of thiophene rings is 1. The van der Waals surface area contributed by atoms with Crippen LogP contribution in [0.4, 0.5) is 0 Å². The largest absolute Gasteiger partial charge is 0.361 e. The van der Waals surface area contributed by atoms with Crippen LogP contribution >= 0.6 is 11.3 Å². The molecule has 23 heavy (non-hydrogen) atoms. The van der Waals surface area contributed by atoms with E-state index in [2.05, 4.69) is 21.5 Å². The molecule has 6 heteroatoms. The Balaban J connectivity index is 1.36. The highest BCUT2D eigenvalue weighted by molar-refractivity contribution is 7.10. The summed E-state index contributed by atoms with van der Waals surface area (Å²) in [5.74, 6) is 0.666. The number of hydrogen-bond donors (Lipinski definition) is 0. The Hall–Kier alpha value is -1.66. The van der Waals surface area contributed by atoms with Gasteiger partial charge in [0.15, 0.2) is 0 Å². The van der Waals surface area contributed by atoms with Crippen LogP contribution in [0.2, 0.25) is 0 Å². The van der Waals surface area contributed by atoms with Crippen LogP contribution < -0.4 is 0 Å². The van der Waals surface area contributed by atoms with E-state index < -0.39 is 0 Å². The summed E-state index contributed by atoms with van der Waals surface area (Å²) in [5, 5.41) is 5.92. The normalized spacial score (nSPS) is 19.8. The first-order valence-corrected chi connectivity index (χ1v) is 9.10. The SMILES string of the molecule is Cc1oncc1C(=O)N1CCC(N2CCc3sccc3C2)CC1. The summed E-state index contributed by atoms with van der Waals surface area (Å²) in [6.45, 7) is 5.65. The third-order valence-electron chi connectivity index (χ3n) is 5.09. The quantitative estimate of drug-likeness (QED) is 0.849. The molecule has 1 saturated heterocycles. The lowest BCUT2D eigenvalue weighted by Crippen LogP contribution is -2.47. The van der Waals surface area contributed by atoms with Crippen molar-refractivity contribution in [3.8, 4) is 0 Å². The van der Waals surface area contributed by atoms with E-state index >= 15 is 0 Å². The molecule has 0 aliphatic carbocycles. The number of nitrogens with zero attached hydrogens (tertiary/aromatic N) is 3. The van der Waals surface area contributed by atoms with Gasteiger partial charge < -0.3 is 9.42 Å². The molecular formula is C17H21N3O2S. The minimum absolute atomic E-state index is 0.0564. The molecule has 0 spiro atoms. The summed E-state index contributed by atoms with van der Waals surface area (Å²) in [6, 6.07) is 2.86. The Labute approximate surface area is 139 Å². The monoisotopic (exact) mass is 331 g/mol. The molecule has 0 unspecified atom stereocenters. The Bertz CT molecular complexity index is 700. The predicted molar refractivity (Wildman–Crippen MR) is 88.6 cm³/mol. The van der Waals surface area contributed by atoms with Crippen LogP contribution in [-0.2, 0) is 13.0 Å². The molecule has 0 aromatic carbocycles. The summed E-state index contributed by atoms with van der Waals surface area (Å²) in [7, 11) is 0. The Morgan fingerprint density at radius 2 is 2.17 bits per heavy atom. The lowest BCUT2D eigenvalue weighted by atomic mass is 9.99. The number of carbonyl (C=O) groups excluding carboxylic acids is 1. The minimum Gasteiger partial charge on any atom is -0.361 e. The van der Waals surface area contributed by atoms with Gasteiger partial charge in [-0.2, -0.15) is 0 Å². The molecule has 1 fully saturated rings.